The first kappa shape index (κ1) is 10.9. The molecule has 0 aliphatic heterocycles. The number of halogens is 1. The van der Waals surface area contributed by atoms with Crippen LogP contribution in [0.3, 0.4) is 0 Å². The molecule has 0 aliphatic carbocycles. The van der Waals surface area contributed by atoms with Gasteiger partial charge in [0, 0.05) is 13.0 Å². The monoisotopic (exact) mass is 212 g/mol. The maximum absolute atomic E-state index is 7.03. The molecule has 1 aromatic rings. The number of nitrogens with one attached hydrogen (secondary N) is 1. The molecule has 76 valence electrons. The molecule has 0 aliphatic rings. The van der Waals surface area contributed by atoms with E-state index in [1.54, 1.807) is 6.08 Å². The Bertz CT molecular complexity index is 365. The van der Waals surface area contributed by atoms with Gasteiger partial charge in [-0.25, -0.2) is 0 Å². The molecule has 0 unspecified atom stereocenters. The molecule has 0 bridgehead atoms. The van der Waals surface area contributed by atoms with E-state index in [-0.39, 0.29) is 5.17 Å². The van der Waals surface area contributed by atoms with Crippen molar-refractivity contribution in [3.63, 3.8) is 0 Å². The van der Waals surface area contributed by atoms with E-state index in [0.29, 0.717) is 11.7 Å². The fraction of sp³-hybridized carbons (Fsp3) is 0.444. The Hall–Kier alpha value is -1.16. The molecular formula is C9H13ClN4. The maximum atomic E-state index is 7.03. The van der Waals surface area contributed by atoms with Crippen molar-refractivity contribution in [2.24, 2.45) is 7.05 Å². The topological polar surface area (TPSA) is 54.6 Å². The average Bonchev–Trinajstić information content (AvgIpc) is 2.43. The summed E-state index contributed by atoms with van der Waals surface area (Å²) in [5.41, 5.74) is 0. The Balaban J connectivity index is 2.95. The van der Waals surface area contributed by atoms with Gasteiger partial charge in [-0.2, -0.15) is 0 Å². The fourth-order valence-electron chi connectivity index (χ4n) is 1.15. The van der Waals surface area contributed by atoms with Crippen LogP contribution in [0.4, 0.5) is 0 Å². The van der Waals surface area contributed by atoms with Gasteiger partial charge >= 0.3 is 0 Å². The molecule has 0 amide bonds. The molecule has 0 saturated carbocycles. The summed E-state index contributed by atoms with van der Waals surface area (Å²) in [5, 5.41) is 15.0. The Morgan fingerprint density at radius 2 is 2.14 bits per heavy atom. The Morgan fingerprint density at radius 3 is 2.57 bits per heavy atom. The number of rotatable bonds is 3. The molecule has 0 radical (unpaired) electrons. The van der Waals surface area contributed by atoms with Gasteiger partial charge in [0.05, 0.1) is 0 Å². The van der Waals surface area contributed by atoms with Crippen molar-refractivity contribution < 1.29 is 0 Å². The predicted octanol–water partition coefficient (Wildman–Crippen LogP) is 2.17. The van der Waals surface area contributed by atoms with Crippen molar-refractivity contribution in [3.8, 4) is 0 Å². The van der Waals surface area contributed by atoms with Gasteiger partial charge in [0.15, 0.2) is 5.82 Å². The lowest BCUT2D eigenvalue weighted by Gasteiger charge is -2.03. The first-order valence-corrected chi connectivity index (χ1v) is 4.71. The molecule has 0 aromatic carbocycles. The van der Waals surface area contributed by atoms with Crippen molar-refractivity contribution in [2.75, 3.05) is 0 Å². The van der Waals surface area contributed by atoms with Gasteiger partial charge in [0.25, 0.3) is 0 Å². The largest absolute Gasteiger partial charge is 0.314 e. The molecule has 4 nitrogen and oxygen atoms in total. The Kier molecular flexibility index (Phi) is 3.41. The minimum absolute atomic E-state index is 0.0147. The summed E-state index contributed by atoms with van der Waals surface area (Å²) >= 11 is 5.39. The molecule has 1 aromatic heterocycles. The average molecular weight is 213 g/mol. The first-order chi connectivity index (χ1) is 6.52. The van der Waals surface area contributed by atoms with Gasteiger partial charge in [-0.15, -0.1) is 10.2 Å². The summed E-state index contributed by atoms with van der Waals surface area (Å²) in [7, 11) is 1.90. The van der Waals surface area contributed by atoms with E-state index in [0.717, 1.165) is 5.82 Å². The van der Waals surface area contributed by atoms with E-state index in [4.69, 9.17) is 17.0 Å². The molecule has 0 saturated heterocycles. The Morgan fingerprint density at radius 1 is 1.50 bits per heavy atom. The second kappa shape index (κ2) is 4.37. The van der Waals surface area contributed by atoms with Gasteiger partial charge in [-0.1, -0.05) is 25.4 Å². The van der Waals surface area contributed by atoms with Crippen LogP contribution in [0.2, 0.25) is 0 Å². The highest BCUT2D eigenvalue weighted by molar-refractivity contribution is 6.67. The van der Waals surface area contributed by atoms with Crippen LogP contribution in [-0.4, -0.2) is 19.9 Å². The second-order valence-electron chi connectivity index (χ2n) is 3.31. The zero-order valence-electron chi connectivity index (χ0n) is 8.45. The number of hydrogen-bond acceptors (Lipinski definition) is 3. The minimum Gasteiger partial charge on any atom is -0.314 e. The molecule has 1 heterocycles. The normalized spacial score (nSPS) is 11.5. The van der Waals surface area contributed by atoms with Crippen LogP contribution in [0.5, 0.6) is 0 Å². The molecule has 14 heavy (non-hydrogen) atoms. The van der Waals surface area contributed by atoms with E-state index in [2.05, 4.69) is 24.0 Å². The highest BCUT2D eigenvalue weighted by Crippen LogP contribution is 2.12. The predicted molar refractivity (Wildman–Crippen MR) is 57.7 cm³/mol. The molecule has 5 heteroatoms. The SMILES string of the molecule is CC(C)c1nnc(/C=C\C(=N)Cl)n1C. The minimum atomic E-state index is -0.0147. The van der Waals surface area contributed by atoms with Crippen LogP contribution >= 0.6 is 11.6 Å². The van der Waals surface area contributed by atoms with Crippen LogP contribution in [0, 0.1) is 5.41 Å². The summed E-state index contributed by atoms with van der Waals surface area (Å²) in [6, 6.07) is 0. The first-order valence-electron chi connectivity index (χ1n) is 4.33. The van der Waals surface area contributed by atoms with Gasteiger partial charge in [-0.05, 0) is 12.2 Å². The Labute approximate surface area is 88.1 Å². The van der Waals surface area contributed by atoms with Crippen molar-refractivity contribution in [1.82, 2.24) is 14.8 Å². The second-order valence-corrected chi connectivity index (χ2v) is 3.72. The third kappa shape index (κ3) is 2.42. The molecule has 1 N–H and O–H groups in total. The molecule has 1 rings (SSSR count). The lowest BCUT2D eigenvalue weighted by Crippen LogP contribution is -2.01. The zero-order valence-corrected chi connectivity index (χ0v) is 9.21. The molecule has 0 atom stereocenters. The van der Waals surface area contributed by atoms with Crippen LogP contribution in [0.25, 0.3) is 6.08 Å². The van der Waals surface area contributed by atoms with E-state index in [1.165, 1.54) is 6.08 Å². The van der Waals surface area contributed by atoms with Gasteiger partial charge in [0.2, 0.25) is 0 Å². The summed E-state index contributed by atoms with van der Waals surface area (Å²) in [4.78, 5) is 0. The summed E-state index contributed by atoms with van der Waals surface area (Å²) in [6.45, 7) is 4.11. The smallest absolute Gasteiger partial charge is 0.156 e. The summed E-state index contributed by atoms with van der Waals surface area (Å²) < 4.78 is 1.89. The number of aromatic nitrogens is 3. The third-order valence-electron chi connectivity index (χ3n) is 1.84. The standard InChI is InChI=1S/C9H13ClN4/c1-6(2)9-13-12-8(14(9)3)5-4-7(10)11/h4-6,11H,1-3H3/b5-4-,11-7?. The van der Waals surface area contributed by atoms with E-state index in [1.807, 2.05) is 11.6 Å². The molecule has 0 fully saturated rings. The number of nitrogens with zero attached hydrogens (tertiary/aromatic N) is 3. The van der Waals surface area contributed by atoms with Crippen LogP contribution in [-0.2, 0) is 7.05 Å². The summed E-state index contributed by atoms with van der Waals surface area (Å²) in [6.07, 6.45) is 3.16. The van der Waals surface area contributed by atoms with Crippen molar-refractivity contribution >= 4 is 22.8 Å². The maximum Gasteiger partial charge on any atom is 0.156 e. The highest BCUT2D eigenvalue weighted by Gasteiger charge is 2.09. The van der Waals surface area contributed by atoms with Crippen LogP contribution in [0.15, 0.2) is 6.08 Å². The van der Waals surface area contributed by atoms with Crippen LogP contribution in [0.1, 0.15) is 31.4 Å². The quantitative estimate of drug-likeness (QED) is 0.781. The zero-order chi connectivity index (χ0) is 10.7. The van der Waals surface area contributed by atoms with Gasteiger partial charge < -0.3 is 4.57 Å². The van der Waals surface area contributed by atoms with Crippen molar-refractivity contribution in [1.29, 1.82) is 5.41 Å². The lowest BCUT2D eigenvalue weighted by atomic mass is 10.2. The molecular weight excluding hydrogens is 200 g/mol. The summed E-state index contributed by atoms with van der Waals surface area (Å²) in [5.74, 6) is 1.97. The number of hydrogen-bond donors (Lipinski definition) is 1. The van der Waals surface area contributed by atoms with Crippen molar-refractivity contribution in [2.45, 2.75) is 19.8 Å². The van der Waals surface area contributed by atoms with E-state index < -0.39 is 0 Å². The van der Waals surface area contributed by atoms with Gasteiger partial charge in [0.1, 0.15) is 11.0 Å². The number of allylic oxidation sites excluding steroid dienone is 1. The fourth-order valence-corrected chi connectivity index (χ4v) is 1.21. The van der Waals surface area contributed by atoms with Crippen LogP contribution < -0.4 is 0 Å². The van der Waals surface area contributed by atoms with Crippen molar-refractivity contribution in [3.05, 3.63) is 17.7 Å². The van der Waals surface area contributed by atoms with E-state index >= 15 is 0 Å². The van der Waals surface area contributed by atoms with E-state index in [9.17, 15) is 0 Å². The van der Waals surface area contributed by atoms with Gasteiger partial charge in [-0.3, -0.25) is 5.41 Å². The highest BCUT2D eigenvalue weighted by atomic mass is 35.5. The third-order valence-corrected chi connectivity index (χ3v) is 1.96. The lowest BCUT2D eigenvalue weighted by molar-refractivity contribution is 0.706. The molecule has 0 spiro atoms.